The lowest BCUT2D eigenvalue weighted by Crippen LogP contribution is -2.49. The average molecular weight is 481 g/mol. The second-order valence-corrected chi connectivity index (χ2v) is 10.1. The molecule has 0 N–H and O–H groups in total. The first-order valence-corrected chi connectivity index (χ1v) is 11.8. The van der Waals surface area contributed by atoms with Gasteiger partial charge < -0.3 is 9.64 Å². The van der Waals surface area contributed by atoms with Crippen LogP contribution in [0, 0.1) is 11.6 Å². The fourth-order valence-electron chi connectivity index (χ4n) is 3.57. The number of halogens is 3. The van der Waals surface area contributed by atoms with E-state index in [9.17, 15) is 17.2 Å². The zero-order chi connectivity index (χ0) is 22.9. The van der Waals surface area contributed by atoms with E-state index in [0.717, 1.165) is 12.1 Å². The van der Waals surface area contributed by atoms with Crippen LogP contribution in [0.5, 0.6) is 0 Å². The van der Waals surface area contributed by atoms with Crippen LogP contribution < -0.4 is 4.90 Å². The Hall–Kier alpha value is -2.69. The first-order valence-electron chi connectivity index (χ1n) is 9.68. The summed E-state index contributed by atoms with van der Waals surface area (Å²) in [6, 6.07) is 4.81. The molecule has 7 nitrogen and oxygen atoms in total. The fraction of sp³-hybridized carbons (Fsp3) is 0.286. The van der Waals surface area contributed by atoms with E-state index in [1.54, 1.807) is 11.0 Å². The van der Waals surface area contributed by atoms with Crippen molar-refractivity contribution in [3.63, 3.8) is 0 Å². The van der Waals surface area contributed by atoms with Crippen LogP contribution in [0.3, 0.4) is 0 Å². The van der Waals surface area contributed by atoms with Crippen molar-refractivity contribution in [2.24, 2.45) is 0 Å². The predicted molar refractivity (Wildman–Crippen MR) is 117 cm³/mol. The van der Waals surface area contributed by atoms with E-state index < -0.39 is 26.7 Å². The van der Waals surface area contributed by atoms with E-state index in [1.165, 1.54) is 31.8 Å². The molecule has 0 aliphatic carbocycles. The van der Waals surface area contributed by atoms with Crippen LogP contribution >= 0.6 is 11.6 Å². The van der Waals surface area contributed by atoms with Gasteiger partial charge in [0.15, 0.2) is 9.84 Å². The van der Waals surface area contributed by atoms with E-state index in [-0.39, 0.29) is 47.4 Å². The summed E-state index contributed by atoms with van der Waals surface area (Å²) in [4.78, 5) is 14.8. The summed E-state index contributed by atoms with van der Waals surface area (Å²) in [5.41, 5.74) is 0.981. The molecule has 1 unspecified atom stereocenters. The summed E-state index contributed by atoms with van der Waals surface area (Å²) in [5, 5.41) is -0.425. The Bertz CT molecular complexity index is 1260. The van der Waals surface area contributed by atoms with Crippen LogP contribution in [-0.4, -0.2) is 61.2 Å². The number of pyridine rings is 1. The fourth-order valence-corrected chi connectivity index (χ4v) is 5.34. The van der Waals surface area contributed by atoms with Crippen LogP contribution in [0.15, 0.2) is 42.9 Å². The van der Waals surface area contributed by atoms with E-state index in [4.69, 9.17) is 16.3 Å². The number of aromatic nitrogens is 3. The maximum absolute atomic E-state index is 14.6. The summed E-state index contributed by atoms with van der Waals surface area (Å²) in [5.74, 6) is -1.14. The molecule has 1 aromatic carbocycles. The van der Waals surface area contributed by atoms with Gasteiger partial charge in [0.25, 0.3) is 0 Å². The van der Waals surface area contributed by atoms with E-state index >= 15 is 0 Å². The number of sulfone groups is 1. The number of methoxy groups -OCH3 is 1. The molecule has 168 valence electrons. The van der Waals surface area contributed by atoms with Crippen LogP contribution in [-0.2, 0) is 14.6 Å². The quantitative estimate of drug-likeness (QED) is 0.553. The van der Waals surface area contributed by atoms with Crippen LogP contribution in [0.25, 0.3) is 22.5 Å². The molecular formula is C21H19ClF2N4O3S. The number of ether oxygens (including phenoxy) is 1. The minimum absolute atomic E-state index is 0.0532. The van der Waals surface area contributed by atoms with Gasteiger partial charge in [0.2, 0.25) is 0 Å². The number of rotatable bonds is 5. The molecule has 1 aliphatic rings. The van der Waals surface area contributed by atoms with Crippen LogP contribution in [0.4, 0.5) is 14.6 Å². The number of hydrogen-bond donors (Lipinski definition) is 0. The molecule has 1 saturated heterocycles. The predicted octanol–water partition coefficient (Wildman–Crippen LogP) is 3.39. The van der Waals surface area contributed by atoms with Crippen molar-refractivity contribution in [3.8, 4) is 22.5 Å². The van der Waals surface area contributed by atoms with Gasteiger partial charge in [-0.2, -0.15) is 0 Å². The van der Waals surface area contributed by atoms with Crippen molar-refractivity contribution in [2.75, 3.05) is 37.5 Å². The number of hydrogen-bond acceptors (Lipinski definition) is 7. The standard InChI is InChI=1S/C21H19ClF2N4O3S/c1-31-12-14-11-28(6-7-32(14,29)30)19-10-26-20(16-3-2-13(23)8-18(16)24)21(27-19)15-4-5-25-9-17(15)22/h2-5,8-10,14H,6-7,11-12H2,1H3. The van der Waals surface area contributed by atoms with Gasteiger partial charge in [0.05, 0.1) is 29.3 Å². The molecule has 11 heteroatoms. The van der Waals surface area contributed by atoms with Gasteiger partial charge in [-0.1, -0.05) is 11.6 Å². The lowest BCUT2D eigenvalue weighted by atomic mass is 10.0. The van der Waals surface area contributed by atoms with Crippen molar-refractivity contribution >= 4 is 27.3 Å². The Morgan fingerprint density at radius 3 is 2.72 bits per heavy atom. The Morgan fingerprint density at radius 2 is 2.00 bits per heavy atom. The third kappa shape index (κ3) is 4.43. The van der Waals surface area contributed by atoms with Crippen LogP contribution in [0.2, 0.25) is 5.02 Å². The van der Waals surface area contributed by atoms with E-state index in [2.05, 4.69) is 15.0 Å². The number of benzene rings is 1. The molecule has 1 aliphatic heterocycles. The largest absolute Gasteiger partial charge is 0.383 e. The van der Waals surface area contributed by atoms with Crippen LogP contribution in [0.1, 0.15) is 0 Å². The molecule has 2 aromatic heterocycles. The third-order valence-electron chi connectivity index (χ3n) is 5.23. The van der Waals surface area contributed by atoms with Gasteiger partial charge in [-0.05, 0) is 18.2 Å². The molecule has 0 saturated carbocycles. The molecule has 0 radical (unpaired) electrons. The van der Waals surface area contributed by atoms with Gasteiger partial charge in [-0.25, -0.2) is 27.2 Å². The zero-order valence-corrected chi connectivity index (χ0v) is 18.6. The Kier molecular flexibility index (Phi) is 6.36. The molecule has 0 bridgehead atoms. The highest BCUT2D eigenvalue weighted by atomic mass is 35.5. The van der Waals surface area contributed by atoms with Gasteiger partial charge in [-0.15, -0.1) is 0 Å². The maximum atomic E-state index is 14.6. The summed E-state index contributed by atoms with van der Waals surface area (Å²) in [6.07, 6.45) is 4.39. The van der Waals surface area contributed by atoms with Crippen molar-refractivity contribution in [3.05, 3.63) is 59.5 Å². The topological polar surface area (TPSA) is 85.3 Å². The summed E-state index contributed by atoms with van der Waals surface area (Å²) >= 11 is 6.33. The van der Waals surface area contributed by atoms with Crippen molar-refractivity contribution in [1.82, 2.24) is 15.0 Å². The number of anilines is 1. The Morgan fingerprint density at radius 1 is 1.19 bits per heavy atom. The minimum Gasteiger partial charge on any atom is -0.383 e. The maximum Gasteiger partial charge on any atom is 0.158 e. The first-order chi connectivity index (χ1) is 15.3. The summed E-state index contributed by atoms with van der Waals surface area (Å²) in [6.45, 7) is 0.470. The molecule has 3 heterocycles. The van der Waals surface area contributed by atoms with E-state index in [1.807, 2.05) is 0 Å². The highest BCUT2D eigenvalue weighted by Gasteiger charge is 2.34. The van der Waals surface area contributed by atoms with Gasteiger partial charge in [0, 0.05) is 49.8 Å². The highest BCUT2D eigenvalue weighted by molar-refractivity contribution is 7.92. The summed E-state index contributed by atoms with van der Waals surface area (Å²) < 4.78 is 57.8. The Balaban J connectivity index is 1.82. The summed E-state index contributed by atoms with van der Waals surface area (Å²) in [7, 11) is -1.84. The lowest BCUT2D eigenvalue weighted by molar-refractivity contribution is 0.196. The average Bonchev–Trinajstić information content (AvgIpc) is 2.76. The number of nitrogens with zero attached hydrogens (tertiary/aromatic N) is 4. The smallest absolute Gasteiger partial charge is 0.158 e. The Labute approximate surface area is 189 Å². The monoisotopic (exact) mass is 480 g/mol. The van der Waals surface area contributed by atoms with Gasteiger partial charge >= 0.3 is 0 Å². The van der Waals surface area contributed by atoms with Crippen molar-refractivity contribution in [2.45, 2.75) is 5.25 Å². The molecule has 4 rings (SSSR count). The van der Waals surface area contributed by atoms with Gasteiger partial charge in [-0.3, -0.25) is 4.98 Å². The normalized spacial score (nSPS) is 18.0. The highest BCUT2D eigenvalue weighted by Crippen LogP contribution is 2.35. The second kappa shape index (κ2) is 9.05. The molecule has 1 atom stereocenters. The minimum atomic E-state index is -3.29. The first kappa shape index (κ1) is 22.5. The second-order valence-electron chi connectivity index (χ2n) is 7.30. The molecule has 0 spiro atoms. The van der Waals surface area contributed by atoms with Crippen molar-refractivity contribution < 1.29 is 21.9 Å². The third-order valence-corrected chi connectivity index (χ3v) is 7.58. The molecule has 32 heavy (non-hydrogen) atoms. The van der Waals surface area contributed by atoms with Gasteiger partial charge in [0.1, 0.15) is 28.4 Å². The molecule has 1 fully saturated rings. The van der Waals surface area contributed by atoms with E-state index in [0.29, 0.717) is 11.4 Å². The lowest BCUT2D eigenvalue weighted by Gasteiger charge is -2.33. The SMILES string of the molecule is COCC1CN(c2cnc(-c3ccc(F)cc3F)c(-c3ccncc3Cl)n2)CCS1(=O)=O. The molecule has 3 aromatic rings. The molecule has 0 amide bonds. The zero-order valence-electron chi connectivity index (χ0n) is 17.0. The molecular weight excluding hydrogens is 462 g/mol. The van der Waals surface area contributed by atoms with Crippen molar-refractivity contribution in [1.29, 1.82) is 0 Å².